The molecule has 1 amide bonds. The molecule has 108 valence electrons. The molecule has 5 nitrogen and oxygen atoms in total. The number of carbonyl (C=O) groups is 2. The van der Waals surface area contributed by atoms with Crippen molar-refractivity contribution < 1.29 is 19.1 Å². The molecule has 2 heterocycles. The zero-order chi connectivity index (χ0) is 14.4. The van der Waals surface area contributed by atoms with Crippen LogP contribution in [0.5, 0.6) is 0 Å². The molecule has 2 rings (SSSR count). The molecule has 2 aliphatic heterocycles. The molecular weight excluding hydrogens is 282 g/mol. The topological polar surface area (TPSA) is 66.8 Å². The maximum atomic E-state index is 11.6. The summed E-state index contributed by atoms with van der Waals surface area (Å²) >= 11 is 1.53. The number of carboxylic acid groups (broad SMARTS) is 1. The SMILES string of the molecule is CCC1(O[SiH2]C(C)(C)C)S[C@@H]2CC(=O)N2C1C(=O)O. The van der Waals surface area contributed by atoms with Crippen LogP contribution in [0.25, 0.3) is 0 Å². The van der Waals surface area contributed by atoms with Crippen LogP contribution >= 0.6 is 11.8 Å². The number of nitrogens with zero attached hydrogens (tertiary/aromatic N) is 1. The summed E-state index contributed by atoms with van der Waals surface area (Å²) in [5.74, 6) is -1.02. The van der Waals surface area contributed by atoms with E-state index in [1.54, 1.807) is 0 Å². The first-order chi connectivity index (χ1) is 8.70. The first-order valence-corrected chi connectivity index (χ1v) is 8.72. The summed E-state index contributed by atoms with van der Waals surface area (Å²) in [5, 5.41) is 9.57. The lowest BCUT2D eigenvalue weighted by Crippen LogP contribution is -2.58. The molecule has 0 spiro atoms. The van der Waals surface area contributed by atoms with Gasteiger partial charge in [-0.1, -0.05) is 39.5 Å². The maximum Gasteiger partial charge on any atom is 0.330 e. The standard InChI is InChI=1S/C12H21NO4SSi/c1-5-12(17-19-11(2,3)4)9(10(15)16)13-7(14)6-8(13)18-12/h8-9H,5-6,19H2,1-4H3,(H,15,16)/t8-,9?,12?/m1/s1. The summed E-state index contributed by atoms with van der Waals surface area (Å²) in [6.07, 6.45) is 1.05. The lowest BCUT2D eigenvalue weighted by Gasteiger charge is -2.38. The monoisotopic (exact) mass is 303 g/mol. The van der Waals surface area contributed by atoms with Crippen LogP contribution in [0.4, 0.5) is 0 Å². The van der Waals surface area contributed by atoms with Crippen LogP contribution in [0.1, 0.15) is 40.5 Å². The first-order valence-electron chi connectivity index (χ1n) is 6.56. The number of aliphatic carboxylic acids is 1. The van der Waals surface area contributed by atoms with Gasteiger partial charge in [-0.05, 0) is 11.5 Å². The van der Waals surface area contributed by atoms with E-state index in [1.165, 1.54) is 16.7 Å². The minimum absolute atomic E-state index is 0.0116. The van der Waals surface area contributed by atoms with Crippen LogP contribution in [0.15, 0.2) is 0 Å². The number of hydrogen-bond donors (Lipinski definition) is 1. The van der Waals surface area contributed by atoms with Crippen LogP contribution in [0.3, 0.4) is 0 Å². The van der Waals surface area contributed by atoms with Gasteiger partial charge >= 0.3 is 5.97 Å². The van der Waals surface area contributed by atoms with Crippen molar-refractivity contribution >= 4 is 33.4 Å². The Morgan fingerprint density at radius 1 is 1.63 bits per heavy atom. The Morgan fingerprint density at radius 2 is 2.26 bits per heavy atom. The highest BCUT2D eigenvalue weighted by Crippen LogP contribution is 2.53. The number of β-lactam (4-membered cyclic amide) rings is 1. The molecule has 0 aromatic carbocycles. The molecule has 0 saturated carbocycles. The molecule has 1 N–H and O–H groups in total. The van der Waals surface area contributed by atoms with Gasteiger partial charge in [0.1, 0.15) is 4.93 Å². The summed E-state index contributed by atoms with van der Waals surface area (Å²) in [6.45, 7) is 8.27. The van der Waals surface area contributed by atoms with Crippen molar-refractivity contribution in [2.75, 3.05) is 0 Å². The predicted octanol–water partition coefficient (Wildman–Crippen LogP) is 1.17. The van der Waals surface area contributed by atoms with Crippen molar-refractivity contribution in [3.05, 3.63) is 0 Å². The molecular formula is C12H21NO4SSi. The van der Waals surface area contributed by atoms with E-state index >= 15 is 0 Å². The van der Waals surface area contributed by atoms with Gasteiger partial charge in [0.05, 0.1) is 11.8 Å². The average Bonchev–Trinajstić information content (AvgIpc) is 2.55. The van der Waals surface area contributed by atoms with Gasteiger partial charge in [0.15, 0.2) is 15.8 Å². The minimum atomic E-state index is -0.951. The molecule has 0 aliphatic carbocycles. The van der Waals surface area contributed by atoms with Gasteiger partial charge in [-0.25, -0.2) is 4.79 Å². The van der Waals surface area contributed by atoms with E-state index in [-0.39, 0.29) is 16.3 Å². The van der Waals surface area contributed by atoms with Gasteiger partial charge in [-0.2, -0.15) is 0 Å². The van der Waals surface area contributed by atoms with Crippen LogP contribution in [-0.2, 0) is 14.0 Å². The first kappa shape index (κ1) is 14.9. The number of thioether (sulfide) groups is 1. The lowest BCUT2D eigenvalue weighted by molar-refractivity contribution is -0.161. The Bertz CT molecular complexity index is 411. The Balaban J connectivity index is 2.22. The third-order valence-corrected chi connectivity index (χ3v) is 6.88. The fraction of sp³-hybridized carbons (Fsp3) is 0.833. The van der Waals surface area contributed by atoms with Gasteiger partial charge in [0.25, 0.3) is 0 Å². The van der Waals surface area contributed by atoms with Crippen LogP contribution < -0.4 is 0 Å². The summed E-state index contributed by atoms with van der Waals surface area (Å²) in [7, 11) is -0.868. The molecule has 2 saturated heterocycles. The number of amides is 1. The van der Waals surface area contributed by atoms with Crippen molar-refractivity contribution in [2.24, 2.45) is 0 Å². The van der Waals surface area contributed by atoms with Gasteiger partial charge < -0.3 is 14.4 Å². The Labute approximate surface area is 120 Å². The second-order valence-electron chi connectivity index (χ2n) is 6.33. The van der Waals surface area contributed by atoms with E-state index in [4.69, 9.17) is 4.43 Å². The number of fused-ring (bicyclic) bond motifs is 1. The third-order valence-electron chi connectivity index (χ3n) is 3.45. The smallest absolute Gasteiger partial charge is 0.330 e. The van der Waals surface area contributed by atoms with Gasteiger partial charge in [-0.15, -0.1) is 0 Å². The van der Waals surface area contributed by atoms with Gasteiger partial charge in [0, 0.05) is 0 Å². The highest BCUT2D eigenvalue weighted by molar-refractivity contribution is 8.01. The largest absolute Gasteiger partial charge is 0.480 e. The molecule has 2 unspecified atom stereocenters. The van der Waals surface area contributed by atoms with E-state index in [0.717, 1.165) is 0 Å². The normalized spacial score (nSPS) is 34.7. The molecule has 2 aliphatic rings. The molecule has 3 atom stereocenters. The quantitative estimate of drug-likeness (QED) is 0.624. The van der Waals surface area contributed by atoms with Crippen LogP contribution in [0.2, 0.25) is 5.04 Å². The molecule has 19 heavy (non-hydrogen) atoms. The van der Waals surface area contributed by atoms with E-state index in [1.807, 2.05) is 6.92 Å². The van der Waals surface area contributed by atoms with Crippen molar-refractivity contribution in [1.29, 1.82) is 0 Å². The van der Waals surface area contributed by atoms with E-state index in [9.17, 15) is 14.7 Å². The molecule has 0 aromatic heterocycles. The second kappa shape index (κ2) is 4.78. The average molecular weight is 303 g/mol. The van der Waals surface area contributed by atoms with Gasteiger partial charge in [0.2, 0.25) is 5.91 Å². The van der Waals surface area contributed by atoms with E-state index in [0.29, 0.717) is 12.8 Å². The lowest BCUT2D eigenvalue weighted by atomic mass is 10.0. The fourth-order valence-corrected chi connectivity index (χ4v) is 5.49. The highest BCUT2D eigenvalue weighted by atomic mass is 32.2. The Morgan fingerprint density at radius 3 is 2.68 bits per heavy atom. The second-order valence-corrected chi connectivity index (χ2v) is 10.5. The summed E-state index contributed by atoms with van der Waals surface area (Å²) < 4.78 is 6.13. The third kappa shape index (κ3) is 2.55. The van der Waals surface area contributed by atoms with Gasteiger partial charge in [-0.3, -0.25) is 4.79 Å². The van der Waals surface area contributed by atoms with Crippen LogP contribution in [-0.4, -0.2) is 48.0 Å². The molecule has 0 radical (unpaired) electrons. The van der Waals surface area contributed by atoms with E-state index in [2.05, 4.69) is 20.8 Å². The Kier molecular flexibility index (Phi) is 3.74. The fourth-order valence-electron chi connectivity index (χ4n) is 2.45. The van der Waals surface area contributed by atoms with Crippen molar-refractivity contribution in [1.82, 2.24) is 4.90 Å². The summed E-state index contributed by atoms with van der Waals surface area (Å²) in [4.78, 5) is 23.9. The number of carboxylic acids is 1. The molecule has 7 heteroatoms. The molecule has 2 fully saturated rings. The zero-order valence-electron chi connectivity index (χ0n) is 11.8. The molecule has 0 bridgehead atoms. The molecule has 0 aromatic rings. The summed E-state index contributed by atoms with van der Waals surface area (Å²) in [5.41, 5.74) is 0. The van der Waals surface area contributed by atoms with Crippen LogP contribution in [0, 0.1) is 0 Å². The number of carbonyl (C=O) groups excluding carboxylic acids is 1. The minimum Gasteiger partial charge on any atom is -0.480 e. The van der Waals surface area contributed by atoms with Crippen molar-refractivity contribution in [3.63, 3.8) is 0 Å². The Hall–Kier alpha value is -0.533. The van der Waals surface area contributed by atoms with Crippen molar-refractivity contribution in [2.45, 2.75) is 61.9 Å². The van der Waals surface area contributed by atoms with E-state index < -0.39 is 26.7 Å². The highest BCUT2D eigenvalue weighted by Gasteiger charge is 2.62. The summed E-state index contributed by atoms with van der Waals surface area (Å²) in [6, 6.07) is -0.830. The van der Waals surface area contributed by atoms with Crippen molar-refractivity contribution in [3.8, 4) is 0 Å². The number of rotatable bonds is 4. The zero-order valence-corrected chi connectivity index (χ0v) is 14.0. The maximum absolute atomic E-state index is 11.6. The number of hydrogen-bond acceptors (Lipinski definition) is 4. The predicted molar refractivity (Wildman–Crippen MR) is 76.6 cm³/mol.